The molecule has 0 amide bonds. The predicted octanol–water partition coefficient (Wildman–Crippen LogP) is 2.94. The van der Waals surface area contributed by atoms with E-state index in [-0.39, 0.29) is 11.0 Å². The Morgan fingerprint density at radius 2 is 1.80 bits per heavy atom. The number of benzene rings is 1. The van der Waals surface area contributed by atoms with Gasteiger partial charge in [0.25, 0.3) is 0 Å². The van der Waals surface area contributed by atoms with E-state index in [0.717, 1.165) is 4.47 Å². The van der Waals surface area contributed by atoms with Gasteiger partial charge in [0.2, 0.25) is 10.0 Å². The lowest BCUT2D eigenvalue weighted by atomic mass is 10.1. The van der Waals surface area contributed by atoms with Gasteiger partial charge in [-0.05, 0) is 44.0 Å². The molecule has 0 radical (unpaired) electrons. The number of sulfonamides is 1. The van der Waals surface area contributed by atoms with Crippen LogP contribution in [0, 0.1) is 6.92 Å². The molecule has 1 saturated heterocycles. The minimum atomic E-state index is -3.50. The lowest BCUT2D eigenvalue weighted by Crippen LogP contribution is -2.41. The standard InChI is InChI=1S/C17H18BrNO5S/c1-12-10-15(11-17(20)23-12)24-14-6-8-19(9-7-14)25(21,22)16-4-2-13(18)3-5-16/h2-5,10-11,14H,6-9H2,1H3. The molecular weight excluding hydrogens is 410 g/mol. The maximum atomic E-state index is 12.7. The summed E-state index contributed by atoms with van der Waals surface area (Å²) in [5, 5.41) is 0. The molecule has 0 aliphatic carbocycles. The van der Waals surface area contributed by atoms with Gasteiger partial charge in [0, 0.05) is 23.6 Å². The maximum absolute atomic E-state index is 12.7. The minimum Gasteiger partial charge on any atom is -0.490 e. The Labute approximate surface area is 154 Å². The Bertz CT molecular complexity index is 899. The third kappa shape index (κ3) is 4.31. The molecule has 2 heterocycles. The van der Waals surface area contributed by atoms with Crippen LogP contribution >= 0.6 is 15.9 Å². The summed E-state index contributed by atoms with van der Waals surface area (Å²) in [5.41, 5.74) is -0.453. The highest BCUT2D eigenvalue weighted by Gasteiger charge is 2.30. The van der Waals surface area contributed by atoms with Crippen LogP contribution in [0.5, 0.6) is 5.75 Å². The first-order chi connectivity index (χ1) is 11.8. The summed E-state index contributed by atoms with van der Waals surface area (Å²) >= 11 is 3.30. The van der Waals surface area contributed by atoms with Crippen LogP contribution in [0.15, 0.2) is 55.0 Å². The van der Waals surface area contributed by atoms with Crippen LogP contribution in [0.2, 0.25) is 0 Å². The zero-order valence-electron chi connectivity index (χ0n) is 13.6. The molecule has 0 spiro atoms. The van der Waals surface area contributed by atoms with E-state index >= 15 is 0 Å². The Morgan fingerprint density at radius 3 is 2.40 bits per heavy atom. The fraction of sp³-hybridized carbons (Fsp3) is 0.353. The molecule has 8 heteroatoms. The van der Waals surface area contributed by atoms with Crippen LogP contribution in [0.25, 0.3) is 0 Å². The lowest BCUT2D eigenvalue weighted by Gasteiger charge is -2.31. The lowest BCUT2D eigenvalue weighted by molar-refractivity contribution is 0.134. The minimum absolute atomic E-state index is 0.127. The van der Waals surface area contributed by atoms with Crippen LogP contribution in [-0.4, -0.2) is 31.9 Å². The first-order valence-corrected chi connectivity index (χ1v) is 10.1. The number of halogens is 1. The van der Waals surface area contributed by atoms with E-state index in [1.54, 1.807) is 37.3 Å². The average molecular weight is 428 g/mol. The topological polar surface area (TPSA) is 76.8 Å². The van der Waals surface area contributed by atoms with Crippen LogP contribution in [0.4, 0.5) is 0 Å². The van der Waals surface area contributed by atoms with Gasteiger partial charge in [0.05, 0.1) is 11.0 Å². The summed E-state index contributed by atoms with van der Waals surface area (Å²) in [4.78, 5) is 11.7. The molecule has 3 rings (SSSR count). The normalized spacial score (nSPS) is 16.7. The molecule has 0 unspecified atom stereocenters. The molecule has 1 fully saturated rings. The van der Waals surface area contributed by atoms with E-state index < -0.39 is 15.6 Å². The van der Waals surface area contributed by atoms with Crippen molar-refractivity contribution >= 4 is 26.0 Å². The van der Waals surface area contributed by atoms with Crippen LogP contribution in [-0.2, 0) is 10.0 Å². The Hall–Kier alpha value is -1.64. The molecule has 6 nitrogen and oxygen atoms in total. The molecule has 0 bridgehead atoms. The molecule has 1 aromatic carbocycles. The number of nitrogens with zero attached hydrogens (tertiary/aromatic N) is 1. The van der Waals surface area contributed by atoms with E-state index in [0.29, 0.717) is 37.4 Å². The quantitative estimate of drug-likeness (QED) is 0.749. The predicted molar refractivity (Wildman–Crippen MR) is 96.3 cm³/mol. The zero-order valence-corrected chi connectivity index (χ0v) is 16.0. The second kappa shape index (κ2) is 7.31. The molecule has 25 heavy (non-hydrogen) atoms. The second-order valence-electron chi connectivity index (χ2n) is 5.90. The van der Waals surface area contributed by atoms with Crippen LogP contribution < -0.4 is 10.4 Å². The molecule has 0 N–H and O–H groups in total. The number of ether oxygens (including phenoxy) is 1. The maximum Gasteiger partial charge on any atom is 0.339 e. The van der Waals surface area contributed by atoms with Crippen molar-refractivity contribution in [3.05, 3.63) is 57.1 Å². The van der Waals surface area contributed by atoms with Gasteiger partial charge < -0.3 is 9.15 Å². The van der Waals surface area contributed by atoms with Crippen molar-refractivity contribution in [3.63, 3.8) is 0 Å². The number of hydrogen-bond donors (Lipinski definition) is 0. The van der Waals surface area contributed by atoms with Gasteiger partial charge in [-0.2, -0.15) is 4.31 Å². The van der Waals surface area contributed by atoms with Gasteiger partial charge in [-0.1, -0.05) is 15.9 Å². The van der Waals surface area contributed by atoms with Crippen LogP contribution in [0.1, 0.15) is 18.6 Å². The molecule has 134 valence electrons. The van der Waals surface area contributed by atoms with E-state index in [1.807, 2.05) is 0 Å². The van der Waals surface area contributed by atoms with Gasteiger partial charge in [-0.25, -0.2) is 13.2 Å². The molecule has 0 saturated carbocycles. The fourth-order valence-electron chi connectivity index (χ4n) is 2.78. The summed E-state index contributed by atoms with van der Waals surface area (Å²) in [5.74, 6) is 0.945. The van der Waals surface area contributed by atoms with Gasteiger partial charge in [-0.15, -0.1) is 0 Å². The number of piperidine rings is 1. The van der Waals surface area contributed by atoms with Gasteiger partial charge in [0.15, 0.2) is 0 Å². The van der Waals surface area contributed by atoms with Crippen molar-refractivity contribution in [1.82, 2.24) is 4.31 Å². The van der Waals surface area contributed by atoms with E-state index in [9.17, 15) is 13.2 Å². The summed E-state index contributed by atoms with van der Waals surface area (Å²) in [6, 6.07) is 9.57. The Balaban J connectivity index is 1.65. The number of rotatable bonds is 4. The van der Waals surface area contributed by atoms with Crippen molar-refractivity contribution in [2.24, 2.45) is 0 Å². The van der Waals surface area contributed by atoms with Gasteiger partial charge in [-0.3, -0.25) is 0 Å². The molecule has 1 aliphatic heterocycles. The highest BCUT2D eigenvalue weighted by atomic mass is 79.9. The third-order valence-electron chi connectivity index (χ3n) is 4.02. The van der Waals surface area contributed by atoms with Gasteiger partial charge in [0.1, 0.15) is 17.6 Å². The largest absolute Gasteiger partial charge is 0.490 e. The van der Waals surface area contributed by atoms with E-state index in [4.69, 9.17) is 9.15 Å². The number of aryl methyl sites for hydroxylation is 1. The zero-order chi connectivity index (χ0) is 18.0. The molecule has 0 atom stereocenters. The number of hydrogen-bond acceptors (Lipinski definition) is 5. The van der Waals surface area contributed by atoms with Crippen molar-refractivity contribution < 1.29 is 17.6 Å². The van der Waals surface area contributed by atoms with Crippen molar-refractivity contribution in [3.8, 4) is 5.75 Å². The SMILES string of the molecule is Cc1cc(OC2CCN(S(=O)(=O)c3ccc(Br)cc3)CC2)cc(=O)o1. The van der Waals surface area contributed by atoms with Crippen molar-refractivity contribution in [2.45, 2.75) is 30.8 Å². The van der Waals surface area contributed by atoms with Gasteiger partial charge >= 0.3 is 5.63 Å². The first-order valence-electron chi connectivity index (χ1n) is 7.89. The van der Waals surface area contributed by atoms with E-state index in [1.165, 1.54) is 10.4 Å². The monoisotopic (exact) mass is 427 g/mol. The summed E-state index contributed by atoms with van der Waals surface area (Å²) in [7, 11) is -3.50. The highest BCUT2D eigenvalue weighted by Crippen LogP contribution is 2.24. The van der Waals surface area contributed by atoms with Crippen molar-refractivity contribution in [2.75, 3.05) is 13.1 Å². The summed E-state index contributed by atoms with van der Waals surface area (Å²) in [6.07, 6.45) is 1.00. The molecule has 2 aromatic rings. The molecule has 1 aliphatic rings. The van der Waals surface area contributed by atoms with Crippen molar-refractivity contribution in [1.29, 1.82) is 0 Å². The second-order valence-corrected chi connectivity index (χ2v) is 8.75. The fourth-order valence-corrected chi connectivity index (χ4v) is 4.52. The van der Waals surface area contributed by atoms with E-state index in [2.05, 4.69) is 15.9 Å². The first kappa shape index (κ1) is 18.2. The highest BCUT2D eigenvalue weighted by molar-refractivity contribution is 9.10. The van der Waals surface area contributed by atoms with Crippen LogP contribution in [0.3, 0.4) is 0 Å². The smallest absolute Gasteiger partial charge is 0.339 e. The Morgan fingerprint density at radius 1 is 1.16 bits per heavy atom. The average Bonchev–Trinajstić information content (AvgIpc) is 2.55. The Kier molecular flexibility index (Phi) is 5.31. The molecular formula is C17H18BrNO5S. The molecule has 1 aromatic heterocycles. The third-order valence-corrected chi connectivity index (χ3v) is 6.46. The summed E-state index contributed by atoms with van der Waals surface area (Å²) < 4.78 is 38.4. The summed E-state index contributed by atoms with van der Waals surface area (Å²) in [6.45, 7) is 2.44.